The normalized spacial score (nSPS) is 31.2. The maximum Gasteiger partial charge on any atom is 0.472 e. The minimum Gasteiger partial charge on any atom is -0.387 e. The lowest BCUT2D eigenvalue weighted by atomic mass is 10.1. The maximum absolute atomic E-state index is 13.6. The van der Waals surface area contributed by atoms with Crippen molar-refractivity contribution in [3.8, 4) is 0 Å². The van der Waals surface area contributed by atoms with E-state index in [0.717, 1.165) is 29.5 Å². The average Bonchev–Trinajstić information content (AvgIpc) is 4.04. The van der Waals surface area contributed by atoms with Gasteiger partial charge in [0.05, 0.1) is 32.5 Å². The zero-order chi connectivity index (χ0) is 47.6. The molecule has 14 atom stereocenters. The van der Waals surface area contributed by atoms with E-state index in [2.05, 4.69) is 39.4 Å². The Morgan fingerprint density at radius 3 is 1.79 bits per heavy atom. The summed E-state index contributed by atoms with van der Waals surface area (Å²) in [5, 5.41) is 44.2. The number of hydrogen-bond acceptors (Lipinski definition) is 26. The first-order valence-electron chi connectivity index (χ1n) is 18.7. The summed E-state index contributed by atoms with van der Waals surface area (Å²) in [4.78, 5) is 91.1. The number of phosphoric ester groups is 3. The first kappa shape index (κ1) is 47.7. The van der Waals surface area contributed by atoms with Gasteiger partial charge in [-0.1, -0.05) is 0 Å². The molecule has 5 aromatic heterocycles. The van der Waals surface area contributed by atoms with Crippen LogP contribution in [0.3, 0.4) is 0 Å². The van der Waals surface area contributed by atoms with Gasteiger partial charge in [0.2, 0.25) is 5.95 Å². The number of nitrogens with two attached hydrogens (primary N) is 3. The highest BCUT2D eigenvalue weighted by atomic mass is 31.2. The van der Waals surface area contributed by atoms with Crippen molar-refractivity contribution in [2.75, 3.05) is 37.0 Å². The summed E-state index contributed by atoms with van der Waals surface area (Å²) >= 11 is 0. The average molecular weight is 998 g/mol. The van der Waals surface area contributed by atoms with Crippen LogP contribution in [0.15, 0.2) is 40.8 Å². The van der Waals surface area contributed by atoms with Gasteiger partial charge in [-0.2, -0.15) is 9.97 Å². The van der Waals surface area contributed by atoms with Crippen LogP contribution in [0, 0.1) is 0 Å². The lowest BCUT2D eigenvalue weighted by Crippen LogP contribution is -2.38. The number of H-pyrrole nitrogens is 1. The number of nitrogens with zero attached hydrogens (tertiary/aromatic N) is 9. The van der Waals surface area contributed by atoms with Crippen LogP contribution in [0.25, 0.3) is 22.3 Å². The molecular formula is C29H38N13O21P3. The van der Waals surface area contributed by atoms with Crippen molar-refractivity contribution >= 4 is 63.4 Å². The van der Waals surface area contributed by atoms with Crippen LogP contribution in [0.4, 0.5) is 17.6 Å². The number of imidazole rings is 2. The molecule has 0 aromatic carbocycles. The third-order valence-electron chi connectivity index (χ3n) is 10.2. The Labute approximate surface area is 364 Å². The Hall–Kier alpha value is -4.77. The van der Waals surface area contributed by atoms with Crippen LogP contribution >= 0.6 is 23.5 Å². The summed E-state index contributed by atoms with van der Waals surface area (Å²) in [6.45, 7) is -3.22. The first-order valence-corrected chi connectivity index (χ1v) is 23.2. The molecule has 34 nitrogen and oxygen atoms in total. The van der Waals surface area contributed by atoms with E-state index in [4.69, 9.17) is 49.5 Å². The van der Waals surface area contributed by atoms with E-state index in [1.54, 1.807) is 0 Å². The van der Waals surface area contributed by atoms with Crippen LogP contribution < -0.4 is 28.5 Å². The van der Waals surface area contributed by atoms with Crippen molar-refractivity contribution < 1.29 is 90.5 Å². The van der Waals surface area contributed by atoms with E-state index in [-0.39, 0.29) is 39.9 Å². The van der Waals surface area contributed by atoms with Gasteiger partial charge in [0.25, 0.3) is 5.56 Å². The molecule has 0 spiro atoms. The molecule has 66 heavy (non-hydrogen) atoms. The first-order chi connectivity index (χ1) is 31.0. The number of ether oxygens (including phenoxy) is 3. The molecule has 8 rings (SSSR count). The minimum atomic E-state index is -5.56. The standard InChI is InChI=1S/C29H38N13O21P3/c30-12-1-2-40(29(48)37-12)26-17(45)20(63-65(52,53)57-3-9-15(43)16(44)25(59-9)41-7-35-13-21(31)33-6-34-22(13)41)11(60-26)5-58-66(54,55)62-19-10(4-56-64(49,50)51)61-27(18(19)46)42-8-36-14-23(42)38-28(32)39-24(14)47/h1-2,6-11,15-20,25-27,43-46H,3-5H2,(H,52,53)(H,54,55)(H2,30,37,48)(H2,31,33,34)(H2,49,50,51)(H3,32,38,39,47)/t9-,10-,11-,15-,16-,17-,18-,19-,20-,25-,26-,27-/m1/s1. The SMILES string of the molecule is Nc1ccn([C@@H]2O[C@H](COP(=O)(O)O[C@H]3[C@@H](O)[C@H](n4cnc5c(=O)[nH]c(N)nc54)O[C@@H]3COP(=O)(O)O)[C@@H](OP(=O)(O)OC[C@H]3O[C@@H](n4cnc5c(N)ncnc54)[C@H](O)[C@@H]3O)[C@H]2O)c(=O)n1. The third kappa shape index (κ3) is 9.65. The van der Waals surface area contributed by atoms with Crippen molar-refractivity contribution in [2.24, 2.45) is 0 Å². The van der Waals surface area contributed by atoms with Crippen molar-refractivity contribution in [3.63, 3.8) is 0 Å². The van der Waals surface area contributed by atoms with Crippen LogP contribution in [0.2, 0.25) is 0 Å². The predicted octanol–water partition coefficient (Wildman–Crippen LogP) is -4.79. The fourth-order valence-corrected chi connectivity index (χ4v) is 9.47. The summed E-state index contributed by atoms with van der Waals surface area (Å²) in [6.07, 6.45) is -17.5. The van der Waals surface area contributed by atoms with Crippen LogP contribution in [0.1, 0.15) is 18.7 Å². The van der Waals surface area contributed by atoms with Crippen molar-refractivity contribution in [1.29, 1.82) is 0 Å². The van der Waals surface area contributed by atoms with Crippen molar-refractivity contribution in [2.45, 2.75) is 73.6 Å². The van der Waals surface area contributed by atoms with E-state index < -0.39 is 128 Å². The number of nitrogens with one attached hydrogen (secondary N) is 1. The van der Waals surface area contributed by atoms with Gasteiger partial charge < -0.3 is 71.4 Å². The highest BCUT2D eigenvalue weighted by Gasteiger charge is 2.53. The van der Waals surface area contributed by atoms with Gasteiger partial charge in [0.1, 0.15) is 72.6 Å². The highest BCUT2D eigenvalue weighted by molar-refractivity contribution is 7.47. The molecule has 37 heteroatoms. The molecule has 2 unspecified atom stereocenters. The smallest absolute Gasteiger partial charge is 0.387 e. The van der Waals surface area contributed by atoms with Gasteiger partial charge in [-0.25, -0.2) is 38.4 Å². The Morgan fingerprint density at radius 1 is 0.652 bits per heavy atom. The summed E-state index contributed by atoms with van der Waals surface area (Å²) in [5.41, 5.74) is 14.9. The number of aliphatic hydroxyl groups excluding tert-OH is 4. The number of rotatable bonds is 16. The van der Waals surface area contributed by atoms with Gasteiger partial charge in [-0.15, -0.1) is 0 Å². The molecule has 15 N–H and O–H groups in total. The maximum atomic E-state index is 13.6. The second-order valence-electron chi connectivity index (χ2n) is 14.5. The topological polar surface area (TPSA) is 507 Å². The number of hydrogen-bond donors (Lipinski definition) is 12. The fourth-order valence-electron chi connectivity index (χ4n) is 7.20. The van der Waals surface area contributed by atoms with Crippen LogP contribution in [0.5, 0.6) is 0 Å². The molecule has 3 aliphatic heterocycles. The Kier molecular flexibility index (Phi) is 13.0. The van der Waals surface area contributed by atoms with Gasteiger partial charge in [0.15, 0.2) is 41.3 Å². The van der Waals surface area contributed by atoms with Crippen LogP contribution in [-0.2, 0) is 50.5 Å². The van der Waals surface area contributed by atoms with Gasteiger partial charge in [-0.3, -0.25) is 46.1 Å². The number of aliphatic hydroxyl groups is 4. The molecule has 0 radical (unpaired) electrons. The number of nitrogen functional groups attached to an aromatic ring is 3. The number of anilines is 3. The molecular weight excluding hydrogens is 959 g/mol. The molecule has 0 amide bonds. The summed E-state index contributed by atoms with van der Waals surface area (Å²) in [6, 6.07) is 1.13. The minimum absolute atomic E-state index is 0.00157. The second kappa shape index (κ2) is 18.0. The van der Waals surface area contributed by atoms with Gasteiger partial charge >= 0.3 is 29.2 Å². The lowest BCUT2D eigenvalue weighted by molar-refractivity contribution is -0.0631. The zero-order valence-electron chi connectivity index (χ0n) is 32.9. The summed E-state index contributed by atoms with van der Waals surface area (Å²) < 4.78 is 83.7. The summed E-state index contributed by atoms with van der Waals surface area (Å²) in [5.74, 6) is -0.625. The van der Waals surface area contributed by atoms with E-state index in [1.807, 2.05) is 0 Å². The molecule has 3 aliphatic rings. The molecule has 5 aromatic rings. The van der Waals surface area contributed by atoms with Crippen molar-refractivity contribution in [3.05, 3.63) is 52.1 Å². The number of aromatic amines is 1. The van der Waals surface area contributed by atoms with Gasteiger partial charge in [-0.05, 0) is 6.07 Å². The summed E-state index contributed by atoms with van der Waals surface area (Å²) in [7, 11) is -16.2. The zero-order valence-corrected chi connectivity index (χ0v) is 35.6. The van der Waals surface area contributed by atoms with Crippen LogP contribution in [-0.4, -0.2) is 163 Å². The Bertz CT molecular complexity index is 2880. The molecule has 3 saturated heterocycles. The van der Waals surface area contributed by atoms with E-state index in [9.17, 15) is 63.3 Å². The largest absolute Gasteiger partial charge is 0.472 e. The molecule has 0 saturated carbocycles. The fraction of sp³-hybridized carbons (Fsp3) is 0.517. The lowest BCUT2D eigenvalue weighted by Gasteiger charge is -2.26. The van der Waals surface area contributed by atoms with Crippen molar-refractivity contribution in [1.82, 2.24) is 48.6 Å². The molecule has 8 heterocycles. The van der Waals surface area contributed by atoms with Gasteiger partial charge in [0, 0.05) is 6.20 Å². The van der Waals surface area contributed by atoms with E-state index >= 15 is 0 Å². The Balaban J connectivity index is 0.987. The molecule has 0 bridgehead atoms. The highest BCUT2D eigenvalue weighted by Crippen LogP contribution is 2.52. The number of aromatic nitrogens is 10. The molecule has 360 valence electrons. The third-order valence-corrected chi connectivity index (χ3v) is 12.6. The second-order valence-corrected chi connectivity index (χ2v) is 18.6. The number of phosphoric acid groups is 3. The number of fused-ring (bicyclic) bond motifs is 2. The van der Waals surface area contributed by atoms with E-state index in [1.165, 1.54) is 10.9 Å². The predicted molar refractivity (Wildman–Crippen MR) is 210 cm³/mol. The quantitative estimate of drug-likeness (QED) is 0.0413. The monoisotopic (exact) mass is 997 g/mol. The molecule has 3 fully saturated rings. The van der Waals surface area contributed by atoms with E-state index in [0.29, 0.717) is 4.57 Å². The molecule has 0 aliphatic carbocycles. The Morgan fingerprint density at radius 2 is 1.18 bits per heavy atom.